The predicted molar refractivity (Wildman–Crippen MR) is 70.4 cm³/mol. The highest BCUT2D eigenvalue weighted by Gasteiger charge is 2.23. The van der Waals surface area contributed by atoms with Crippen molar-refractivity contribution in [1.82, 2.24) is 10.4 Å². The summed E-state index contributed by atoms with van der Waals surface area (Å²) >= 11 is 0. The van der Waals surface area contributed by atoms with Crippen LogP contribution < -0.4 is 5.32 Å². The standard InChI is InChI=1S/C14H20N2O2/c1-10-7-13(9-15-10)11-5-4-6-12(8-11)14(17)16(2)18-3/h4-6,8,10,13,15H,7,9H2,1-3H3/t10-,13-/m0/s1. The van der Waals surface area contributed by atoms with Crippen LogP contribution in [0.3, 0.4) is 0 Å². The molecule has 0 saturated carbocycles. The zero-order valence-corrected chi connectivity index (χ0v) is 11.1. The van der Waals surface area contributed by atoms with Crippen LogP contribution in [-0.4, -0.2) is 37.7 Å². The van der Waals surface area contributed by atoms with E-state index in [0.29, 0.717) is 17.5 Å². The van der Waals surface area contributed by atoms with Crippen molar-refractivity contribution < 1.29 is 9.63 Å². The lowest BCUT2D eigenvalue weighted by molar-refractivity contribution is -0.0757. The Bertz CT molecular complexity index is 434. The molecule has 2 atom stereocenters. The van der Waals surface area contributed by atoms with Gasteiger partial charge in [-0.15, -0.1) is 0 Å². The molecule has 0 aromatic heterocycles. The molecule has 1 aromatic carbocycles. The summed E-state index contributed by atoms with van der Waals surface area (Å²) in [6, 6.07) is 8.38. The molecule has 1 aliphatic heterocycles. The van der Waals surface area contributed by atoms with Crippen LogP contribution >= 0.6 is 0 Å². The molecular weight excluding hydrogens is 228 g/mol. The van der Waals surface area contributed by atoms with E-state index in [0.717, 1.165) is 13.0 Å². The first kappa shape index (κ1) is 13.1. The van der Waals surface area contributed by atoms with E-state index in [1.807, 2.05) is 18.2 Å². The third-order valence-corrected chi connectivity index (χ3v) is 3.52. The molecule has 2 rings (SSSR count). The normalized spacial score (nSPS) is 23.1. The van der Waals surface area contributed by atoms with Crippen LogP contribution in [0.4, 0.5) is 0 Å². The van der Waals surface area contributed by atoms with Gasteiger partial charge in [-0.2, -0.15) is 0 Å². The summed E-state index contributed by atoms with van der Waals surface area (Å²) in [6.45, 7) is 3.17. The lowest BCUT2D eigenvalue weighted by Gasteiger charge is -2.15. The molecule has 1 N–H and O–H groups in total. The Morgan fingerprint density at radius 3 is 2.89 bits per heavy atom. The number of hydrogen-bond acceptors (Lipinski definition) is 3. The SMILES string of the molecule is CON(C)C(=O)c1cccc([C@@H]2CN[C@@H](C)C2)c1. The Morgan fingerprint density at radius 2 is 2.28 bits per heavy atom. The number of rotatable bonds is 3. The van der Waals surface area contributed by atoms with E-state index < -0.39 is 0 Å². The lowest BCUT2D eigenvalue weighted by atomic mass is 9.95. The molecule has 1 heterocycles. The van der Waals surface area contributed by atoms with E-state index in [1.54, 1.807) is 7.05 Å². The summed E-state index contributed by atoms with van der Waals surface area (Å²) in [5, 5.41) is 4.68. The quantitative estimate of drug-likeness (QED) is 0.829. The van der Waals surface area contributed by atoms with Crippen molar-refractivity contribution in [2.75, 3.05) is 20.7 Å². The zero-order chi connectivity index (χ0) is 13.1. The van der Waals surface area contributed by atoms with Gasteiger partial charge >= 0.3 is 0 Å². The molecule has 0 unspecified atom stereocenters. The van der Waals surface area contributed by atoms with Gasteiger partial charge < -0.3 is 5.32 Å². The number of hydrogen-bond donors (Lipinski definition) is 1. The highest BCUT2D eigenvalue weighted by atomic mass is 16.7. The van der Waals surface area contributed by atoms with E-state index in [4.69, 9.17) is 4.84 Å². The Hall–Kier alpha value is -1.39. The number of hydroxylamine groups is 2. The molecule has 1 saturated heterocycles. The van der Waals surface area contributed by atoms with Crippen LogP contribution in [0.5, 0.6) is 0 Å². The molecule has 0 bridgehead atoms. The summed E-state index contributed by atoms with van der Waals surface area (Å²) in [5.74, 6) is 0.388. The molecule has 98 valence electrons. The van der Waals surface area contributed by atoms with Gasteiger partial charge in [-0.05, 0) is 37.0 Å². The molecule has 1 amide bonds. The van der Waals surface area contributed by atoms with E-state index >= 15 is 0 Å². The molecule has 1 aromatic rings. The first-order valence-electron chi connectivity index (χ1n) is 6.27. The van der Waals surface area contributed by atoms with Crippen molar-refractivity contribution in [3.8, 4) is 0 Å². The fraction of sp³-hybridized carbons (Fsp3) is 0.500. The summed E-state index contributed by atoms with van der Waals surface area (Å²) in [4.78, 5) is 16.9. The van der Waals surface area contributed by atoms with E-state index in [2.05, 4.69) is 18.3 Å². The number of carbonyl (C=O) groups excluding carboxylic acids is 1. The van der Waals surface area contributed by atoms with E-state index in [9.17, 15) is 4.79 Å². The average molecular weight is 248 g/mol. The molecule has 0 spiro atoms. The van der Waals surface area contributed by atoms with Gasteiger partial charge in [-0.3, -0.25) is 9.63 Å². The third-order valence-electron chi connectivity index (χ3n) is 3.52. The minimum absolute atomic E-state index is 0.113. The third kappa shape index (κ3) is 2.71. The fourth-order valence-electron chi connectivity index (χ4n) is 2.38. The molecule has 18 heavy (non-hydrogen) atoms. The van der Waals surface area contributed by atoms with Crippen LogP contribution in [0.15, 0.2) is 24.3 Å². The van der Waals surface area contributed by atoms with Gasteiger partial charge in [-0.25, -0.2) is 5.06 Å². The van der Waals surface area contributed by atoms with E-state index in [-0.39, 0.29) is 5.91 Å². The second-order valence-electron chi connectivity index (χ2n) is 4.85. The summed E-state index contributed by atoms with van der Waals surface area (Å²) < 4.78 is 0. The number of benzene rings is 1. The fourth-order valence-corrected chi connectivity index (χ4v) is 2.38. The minimum atomic E-state index is -0.113. The first-order valence-corrected chi connectivity index (χ1v) is 6.27. The molecule has 1 aliphatic rings. The van der Waals surface area contributed by atoms with Crippen LogP contribution in [0, 0.1) is 0 Å². The first-order chi connectivity index (χ1) is 8.61. The lowest BCUT2D eigenvalue weighted by Crippen LogP contribution is -2.25. The highest BCUT2D eigenvalue weighted by molar-refractivity contribution is 5.93. The summed E-state index contributed by atoms with van der Waals surface area (Å²) in [7, 11) is 3.11. The molecule has 4 heteroatoms. The van der Waals surface area contributed by atoms with Crippen LogP contribution in [-0.2, 0) is 4.84 Å². The zero-order valence-electron chi connectivity index (χ0n) is 11.1. The van der Waals surface area contributed by atoms with Gasteiger partial charge in [0.1, 0.15) is 0 Å². The Morgan fingerprint density at radius 1 is 1.50 bits per heavy atom. The number of amides is 1. The van der Waals surface area contributed by atoms with Crippen molar-refractivity contribution in [3.63, 3.8) is 0 Å². The van der Waals surface area contributed by atoms with Crippen molar-refractivity contribution in [2.45, 2.75) is 25.3 Å². The number of nitrogens with zero attached hydrogens (tertiary/aromatic N) is 1. The molecule has 0 radical (unpaired) electrons. The number of carbonyl (C=O) groups is 1. The Kier molecular flexibility index (Phi) is 3.99. The monoisotopic (exact) mass is 248 g/mol. The topological polar surface area (TPSA) is 41.6 Å². The number of nitrogens with one attached hydrogen (secondary N) is 1. The minimum Gasteiger partial charge on any atom is -0.314 e. The van der Waals surface area contributed by atoms with Crippen LogP contribution in [0.1, 0.15) is 35.2 Å². The second-order valence-corrected chi connectivity index (χ2v) is 4.85. The van der Waals surface area contributed by atoms with Gasteiger partial charge in [0.25, 0.3) is 5.91 Å². The molecule has 0 aliphatic carbocycles. The maximum absolute atomic E-state index is 12.0. The van der Waals surface area contributed by atoms with Gasteiger partial charge in [0.2, 0.25) is 0 Å². The summed E-state index contributed by atoms with van der Waals surface area (Å²) in [5.41, 5.74) is 1.90. The van der Waals surface area contributed by atoms with Gasteiger partial charge in [0.15, 0.2) is 0 Å². The van der Waals surface area contributed by atoms with Crippen molar-refractivity contribution in [3.05, 3.63) is 35.4 Å². The van der Waals surface area contributed by atoms with Crippen LogP contribution in [0.25, 0.3) is 0 Å². The Labute approximate surface area is 108 Å². The molecule has 4 nitrogen and oxygen atoms in total. The molecule has 1 fully saturated rings. The van der Waals surface area contributed by atoms with Gasteiger partial charge in [0, 0.05) is 25.2 Å². The van der Waals surface area contributed by atoms with Gasteiger partial charge in [0.05, 0.1) is 7.11 Å². The maximum atomic E-state index is 12.0. The largest absolute Gasteiger partial charge is 0.314 e. The maximum Gasteiger partial charge on any atom is 0.277 e. The smallest absolute Gasteiger partial charge is 0.277 e. The summed E-state index contributed by atoms with van der Waals surface area (Å²) in [6.07, 6.45) is 1.12. The average Bonchev–Trinajstić information content (AvgIpc) is 2.84. The van der Waals surface area contributed by atoms with Gasteiger partial charge in [-0.1, -0.05) is 12.1 Å². The predicted octanol–water partition coefficient (Wildman–Crippen LogP) is 1.79. The highest BCUT2D eigenvalue weighted by Crippen LogP contribution is 2.26. The Balaban J connectivity index is 2.17. The molecular formula is C14H20N2O2. The van der Waals surface area contributed by atoms with E-state index in [1.165, 1.54) is 17.7 Å². The second kappa shape index (κ2) is 5.50. The van der Waals surface area contributed by atoms with Crippen molar-refractivity contribution in [2.24, 2.45) is 0 Å². The van der Waals surface area contributed by atoms with Crippen LogP contribution in [0.2, 0.25) is 0 Å². The van der Waals surface area contributed by atoms with Crippen molar-refractivity contribution >= 4 is 5.91 Å². The van der Waals surface area contributed by atoms with Crippen molar-refractivity contribution in [1.29, 1.82) is 0 Å².